The van der Waals surface area contributed by atoms with Gasteiger partial charge in [-0.25, -0.2) is 0 Å². The van der Waals surface area contributed by atoms with Gasteiger partial charge in [-0.05, 0) is 33.8 Å². The second-order valence-corrected chi connectivity index (χ2v) is 6.68. The molecule has 0 radical (unpaired) electrons. The molecule has 7 heteroatoms. The Bertz CT molecular complexity index is 538. The maximum Gasteiger partial charge on any atom is 0.254 e. The fraction of sp³-hybridized carbons (Fsp3) is 0.733. The average molecular weight is 311 g/mol. The van der Waals surface area contributed by atoms with E-state index in [0.29, 0.717) is 12.2 Å². The van der Waals surface area contributed by atoms with Gasteiger partial charge in [0.2, 0.25) is 5.91 Å². The van der Waals surface area contributed by atoms with Crippen LogP contribution in [0.25, 0.3) is 0 Å². The van der Waals surface area contributed by atoms with Crippen LogP contribution in [0, 0.1) is 0 Å². The molecule has 0 spiro atoms. The molecule has 3 aliphatic heterocycles. The van der Waals surface area contributed by atoms with E-state index in [1.807, 2.05) is 13.8 Å². The summed E-state index contributed by atoms with van der Waals surface area (Å²) in [6.07, 6.45) is 0.573. The van der Waals surface area contributed by atoms with Crippen LogP contribution < -0.4 is 5.32 Å². The van der Waals surface area contributed by atoms with Crippen molar-refractivity contribution in [2.45, 2.75) is 64.0 Å². The van der Waals surface area contributed by atoms with Crippen molar-refractivity contribution in [3.8, 4) is 0 Å². The first-order chi connectivity index (χ1) is 10.2. The van der Waals surface area contributed by atoms with Gasteiger partial charge in [-0.2, -0.15) is 0 Å². The topological polar surface area (TPSA) is 83.1 Å². The number of hydrogen-bond acceptors (Lipinski definition) is 6. The van der Waals surface area contributed by atoms with E-state index in [9.17, 15) is 9.59 Å². The Morgan fingerprint density at radius 2 is 1.82 bits per heavy atom. The van der Waals surface area contributed by atoms with Crippen molar-refractivity contribution in [3.05, 3.63) is 11.6 Å². The summed E-state index contributed by atoms with van der Waals surface area (Å²) in [6, 6.07) is 0. The number of carbonyl (C=O) groups is 2. The molecule has 0 aromatic rings. The highest BCUT2D eigenvalue weighted by atomic mass is 16.8. The summed E-state index contributed by atoms with van der Waals surface area (Å²) in [7, 11) is 0. The number of rotatable bonds is 2. The summed E-state index contributed by atoms with van der Waals surface area (Å²) in [5.74, 6) is -2.13. The molecule has 1 N–H and O–H groups in total. The van der Waals surface area contributed by atoms with Crippen molar-refractivity contribution in [2.24, 2.45) is 0 Å². The number of ether oxygens (including phenoxy) is 4. The second-order valence-electron chi connectivity index (χ2n) is 6.68. The normalized spacial score (nSPS) is 38.7. The molecule has 3 unspecified atom stereocenters. The molecule has 0 bridgehead atoms. The lowest BCUT2D eigenvalue weighted by Crippen LogP contribution is -2.37. The highest BCUT2D eigenvalue weighted by Gasteiger charge is 2.49. The van der Waals surface area contributed by atoms with Crippen molar-refractivity contribution >= 4 is 11.8 Å². The number of hydrogen-bond donors (Lipinski definition) is 1. The minimum absolute atomic E-state index is 0.0688. The molecule has 3 heterocycles. The van der Waals surface area contributed by atoms with E-state index < -0.39 is 23.8 Å². The molecule has 3 fully saturated rings. The van der Waals surface area contributed by atoms with Gasteiger partial charge in [0.1, 0.15) is 18.3 Å². The van der Waals surface area contributed by atoms with E-state index in [-0.39, 0.29) is 24.3 Å². The predicted octanol–water partition coefficient (Wildman–Crippen LogP) is 0.631. The van der Waals surface area contributed by atoms with Crippen LogP contribution in [0.15, 0.2) is 11.6 Å². The molecule has 0 saturated carbocycles. The molecular formula is C15H21NO6. The van der Waals surface area contributed by atoms with Gasteiger partial charge in [-0.1, -0.05) is 0 Å². The van der Waals surface area contributed by atoms with Gasteiger partial charge in [0, 0.05) is 5.57 Å². The van der Waals surface area contributed by atoms with Gasteiger partial charge in [0.15, 0.2) is 11.6 Å². The number of nitrogens with one attached hydrogen (secondary N) is 1. The summed E-state index contributed by atoms with van der Waals surface area (Å²) in [6.45, 7) is 7.68. The fourth-order valence-electron chi connectivity index (χ4n) is 2.95. The van der Waals surface area contributed by atoms with Crippen LogP contribution in [-0.4, -0.2) is 48.3 Å². The van der Waals surface area contributed by atoms with Gasteiger partial charge < -0.3 is 18.9 Å². The van der Waals surface area contributed by atoms with E-state index in [1.54, 1.807) is 19.9 Å². The highest BCUT2D eigenvalue weighted by molar-refractivity contribution is 6.13. The molecule has 2 amide bonds. The first kappa shape index (κ1) is 15.6. The largest absolute Gasteiger partial charge is 0.348 e. The Morgan fingerprint density at radius 1 is 1.09 bits per heavy atom. The number of carbonyl (C=O) groups excluding carboxylic acids is 2. The van der Waals surface area contributed by atoms with Crippen molar-refractivity contribution in [1.82, 2.24) is 5.32 Å². The Labute approximate surface area is 128 Å². The molecule has 3 rings (SSSR count). The molecule has 0 aliphatic carbocycles. The molecule has 7 nitrogen and oxygen atoms in total. The van der Waals surface area contributed by atoms with E-state index >= 15 is 0 Å². The molecule has 0 aromatic heterocycles. The highest BCUT2D eigenvalue weighted by Crippen LogP contribution is 2.36. The van der Waals surface area contributed by atoms with E-state index in [2.05, 4.69) is 5.32 Å². The number of imide groups is 1. The maximum absolute atomic E-state index is 11.7. The van der Waals surface area contributed by atoms with E-state index in [0.717, 1.165) is 0 Å². The molecule has 3 aliphatic rings. The zero-order valence-electron chi connectivity index (χ0n) is 13.2. The molecule has 3 atom stereocenters. The van der Waals surface area contributed by atoms with Gasteiger partial charge in [-0.3, -0.25) is 14.9 Å². The standard InChI is InChI=1S/C15H21NO6/c1-14(2)19-7-10(21-14)12-9(20-15(3,4)22-12)5-8-6-11(17)16-13(8)18/h5,9-10,12H,6-7H2,1-4H3,(H,16,17,18). The quantitative estimate of drug-likeness (QED) is 0.595. The van der Waals surface area contributed by atoms with E-state index in [4.69, 9.17) is 18.9 Å². The summed E-state index contributed by atoms with van der Waals surface area (Å²) < 4.78 is 23.2. The monoisotopic (exact) mass is 311 g/mol. The van der Waals surface area contributed by atoms with Gasteiger partial charge >= 0.3 is 0 Å². The summed E-state index contributed by atoms with van der Waals surface area (Å²) in [4.78, 5) is 23.0. The van der Waals surface area contributed by atoms with Crippen molar-refractivity contribution < 1.29 is 28.5 Å². The lowest BCUT2D eigenvalue weighted by atomic mass is 10.0. The third-order valence-electron chi connectivity index (χ3n) is 3.82. The summed E-state index contributed by atoms with van der Waals surface area (Å²) in [5.41, 5.74) is 0.402. The van der Waals surface area contributed by atoms with Crippen LogP contribution in [0.4, 0.5) is 0 Å². The smallest absolute Gasteiger partial charge is 0.254 e. The van der Waals surface area contributed by atoms with E-state index in [1.165, 1.54) is 0 Å². The Morgan fingerprint density at radius 3 is 2.36 bits per heavy atom. The van der Waals surface area contributed by atoms with Crippen molar-refractivity contribution in [2.75, 3.05) is 6.61 Å². The van der Waals surface area contributed by atoms with Gasteiger partial charge in [-0.15, -0.1) is 0 Å². The number of amides is 2. The maximum atomic E-state index is 11.7. The molecular weight excluding hydrogens is 290 g/mol. The first-order valence-electron chi connectivity index (χ1n) is 7.37. The van der Waals surface area contributed by atoms with Crippen LogP contribution in [-0.2, 0) is 28.5 Å². The predicted molar refractivity (Wildman–Crippen MR) is 74.6 cm³/mol. The SMILES string of the molecule is CC1(C)OCC(C2OC(C)(C)OC2C=C2CC(=O)NC2=O)O1. The third-order valence-corrected chi connectivity index (χ3v) is 3.82. The average Bonchev–Trinajstić information content (AvgIpc) is 2.97. The lowest BCUT2D eigenvalue weighted by Gasteiger charge is -2.23. The molecule has 0 aromatic carbocycles. The zero-order chi connectivity index (χ0) is 16.1. The minimum Gasteiger partial charge on any atom is -0.348 e. The van der Waals surface area contributed by atoms with Crippen LogP contribution in [0.1, 0.15) is 34.1 Å². The molecule has 22 heavy (non-hydrogen) atoms. The van der Waals surface area contributed by atoms with Crippen LogP contribution in [0.3, 0.4) is 0 Å². The van der Waals surface area contributed by atoms with Crippen LogP contribution in [0.2, 0.25) is 0 Å². The Kier molecular flexibility index (Phi) is 3.64. The van der Waals surface area contributed by atoms with Gasteiger partial charge in [0.05, 0.1) is 13.0 Å². The fourth-order valence-corrected chi connectivity index (χ4v) is 2.95. The third kappa shape index (κ3) is 3.08. The molecule has 3 saturated heterocycles. The lowest BCUT2D eigenvalue weighted by molar-refractivity contribution is -0.174. The Hall–Kier alpha value is -1.28. The summed E-state index contributed by atoms with van der Waals surface area (Å²) in [5, 5.41) is 2.26. The Balaban J connectivity index is 1.80. The minimum atomic E-state index is -0.790. The van der Waals surface area contributed by atoms with Crippen LogP contribution in [0.5, 0.6) is 0 Å². The second kappa shape index (κ2) is 5.13. The van der Waals surface area contributed by atoms with Crippen LogP contribution >= 0.6 is 0 Å². The zero-order valence-corrected chi connectivity index (χ0v) is 13.2. The van der Waals surface area contributed by atoms with Gasteiger partial charge in [0.25, 0.3) is 5.91 Å². The van der Waals surface area contributed by atoms with Crippen molar-refractivity contribution in [3.63, 3.8) is 0 Å². The first-order valence-corrected chi connectivity index (χ1v) is 7.37. The summed E-state index contributed by atoms with van der Waals surface area (Å²) >= 11 is 0. The van der Waals surface area contributed by atoms with Crippen molar-refractivity contribution in [1.29, 1.82) is 0 Å². The molecule has 122 valence electrons.